The second-order valence-corrected chi connectivity index (χ2v) is 4.54. The van der Waals surface area contributed by atoms with Gasteiger partial charge in [-0.15, -0.1) is 0 Å². The van der Waals surface area contributed by atoms with Crippen molar-refractivity contribution in [3.05, 3.63) is 11.6 Å². The number of carbonyl (C=O) groups excluding carboxylic acids is 1. The molecule has 1 saturated heterocycles. The van der Waals surface area contributed by atoms with Crippen molar-refractivity contribution in [2.75, 3.05) is 6.61 Å². The second-order valence-electron chi connectivity index (χ2n) is 4.54. The molecule has 0 radical (unpaired) electrons. The number of carbonyl (C=O) groups is 1. The smallest absolute Gasteiger partial charge is 0.407 e. The van der Waals surface area contributed by atoms with Crippen LogP contribution in [0.1, 0.15) is 26.7 Å². The lowest BCUT2D eigenvalue weighted by Gasteiger charge is -2.28. The van der Waals surface area contributed by atoms with Crippen molar-refractivity contribution >= 4 is 6.09 Å². The predicted octanol–water partition coefficient (Wildman–Crippen LogP) is 2.09. The highest BCUT2D eigenvalue weighted by Gasteiger charge is 2.32. The first-order valence-corrected chi connectivity index (χ1v) is 5.25. The van der Waals surface area contributed by atoms with Crippen molar-refractivity contribution in [3.8, 4) is 0 Å². The van der Waals surface area contributed by atoms with Gasteiger partial charge in [-0.25, -0.2) is 4.79 Å². The van der Waals surface area contributed by atoms with Gasteiger partial charge in [0.2, 0.25) is 0 Å². The van der Waals surface area contributed by atoms with Crippen LogP contribution in [-0.2, 0) is 4.74 Å². The Kier molecular flexibility index (Phi) is 2.48. The minimum Gasteiger partial charge on any atom is -0.447 e. The topological polar surface area (TPSA) is 38.3 Å². The molecule has 0 bridgehead atoms. The Balaban J connectivity index is 1.99. The summed E-state index contributed by atoms with van der Waals surface area (Å²) in [5.74, 6) is 1.19. The molecule has 3 nitrogen and oxygen atoms in total. The highest BCUT2D eigenvalue weighted by Crippen LogP contribution is 2.31. The van der Waals surface area contributed by atoms with E-state index in [1.807, 2.05) is 0 Å². The average Bonchev–Trinajstić information content (AvgIpc) is 2.50. The van der Waals surface area contributed by atoms with E-state index in [1.165, 1.54) is 5.57 Å². The molecule has 0 aromatic heterocycles. The van der Waals surface area contributed by atoms with E-state index in [-0.39, 0.29) is 12.1 Å². The molecule has 2 aliphatic rings. The maximum atomic E-state index is 10.9. The molecule has 1 heterocycles. The summed E-state index contributed by atoms with van der Waals surface area (Å²) in [6.07, 6.45) is 4.33. The van der Waals surface area contributed by atoms with Crippen LogP contribution in [0.3, 0.4) is 0 Å². The Labute approximate surface area is 84.5 Å². The lowest BCUT2D eigenvalue weighted by Crippen LogP contribution is -2.36. The van der Waals surface area contributed by atoms with Crippen LogP contribution in [-0.4, -0.2) is 18.7 Å². The van der Waals surface area contributed by atoms with Gasteiger partial charge in [-0.05, 0) is 31.6 Å². The van der Waals surface area contributed by atoms with Crippen molar-refractivity contribution in [2.24, 2.45) is 11.8 Å². The van der Waals surface area contributed by atoms with Crippen LogP contribution in [0.15, 0.2) is 11.6 Å². The van der Waals surface area contributed by atoms with E-state index in [0.717, 1.165) is 12.8 Å². The number of ether oxygens (including phenoxy) is 1. The number of rotatable bonds is 1. The van der Waals surface area contributed by atoms with Gasteiger partial charge < -0.3 is 10.1 Å². The fraction of sp³-hybridized carbons (Fsp3) is 0.727. The van der Waals surface area contributed by atoms with E-state index in [0.29, 0.717) is 18.4 Å². The van der Waals surface area contributed by atoms with Crippen LogP contribution in [0.25, 0.3) is 0 Å². The summed E-state index contributed by atoms with van der Waals surface area (Å²) >= 11 is 0. The van der Waals surface area contributed by atoms with Gasteiger partial charge in [-0.2, -0.15) is 0 Å². The number of allylic oxidation sites excluding steroid dienone is 2. The van der Waals surface area contributed by atoms with E-state index >= 15 is 0 Å². The molecule has 78 valence electrons. The minimum atomic E-state index is -0.255. The fourth-order valence-corrected chi connectivity index (χ4v) is 2.56. The number of cyclic esters (lactones) is 1. The Bertz CT molecular complexity index is 272. The monoisotopic (exact) mass is 195 g/mol. The van der Waals surface area contributed by atoms with Crippen LogP contribution < -0.4 is 5.32 Å². The normalized spacial score (nSPS) is 37.4. The molecule has 3 atom stereocenters. The maximum absolute atomic E-state index is 10.9. The van der Waals surface area contributed by atoms with E-state index < -0.39 is 0 Å². The summed E-state index contributed by atoms with van der Waals surface area (Å²) in [5, 5.41) is 2.88. The van der Waals surface area contributed by atoms with Gasteiger partial charge >= 0.3 is 6.09 Å². The number of nitrogens with one attached hydrogen (secondary N) is 1. The molecular weight excluding hydrogens is 178 g/mol. The molecular formula is C11H17NO2. The molecule has 3 heteroatoms. The Morgan fingerprint density at radius 2 is 2.36 bits per heavy atom. The standard InChI is InChI=1S/C11H17NO2/c1-7-3-8(2)5-9(4-7)10-6-14-11(13)12-10/h3,7,9-10H,4-6H2,1-2H3,(H,12,13). The van der Waals surface area contributed by atoms with Crippen LogP contribution in [0.2, 0.25) is 0 Å². The van der Waals surface area contributed by atoms with Gasteiger partial charge in [0.1, 0.15) is 6.61 Å². The Hall–Kier alpha value is -0.990. The molecule has 1 amide bonds. The number of amides is 1. The van der Waals surface area contributed by atoms with Crippen molar-refractivity contribution in [1.29, 1.82) is 0 Å². The zero-order chi connectivity index (χ0) is 10.1. The molecule has 0 spiro atoms. The van der Waals surface area contributed by atoms with Crippen LogP contribution in [0, 0.1) is 11.8 Å². The van der Waals surface area contributed by atoms with Crippen molar-refractivity contribution < 1.29 is 9.53 Å². The third kappa shape index (κ3) is 1.91. The largest absolute Gasteiger partial charge is 0.447 e. The SMILES string of the molecule is CC1=CC(C)CC(C2COC(=O)N2)C1. The fourth-order valence-electron chi connectivity index (χ4n) is 2.56. The highest BCUT2D eigenvalue weighted by molar-refractivity contribution is 5.69. The maximum Gasteiger partial charge on any atom is 0.407 e. The summed E-state index contributed by atoms with van der Waals surface area (Å²) in [6, 6.07) is 0.230. The molecule has 14 heavy (non-hydrogen) atoms. The predicted molar refractivity (Wildman–Crippen MR) is 53.9 cm³/mol. The summed E-state index contributed by atoms with van der Waals surface area (Å²) in [5.41, 5.74) is 1.44. The zero-order valence-electron chi connectivity index (χ0n) is 8.75. The minimum absolute atomic E-state index is 0.230. The van der Waals surface area contributed by atoms with E-state index in [2.05, 4.69) is 25.2 Å². The molecule has 3 unspecified atom stereocenters. The van der Waals surface area contributed by atoms with Gasteiger partial charge in [-0.1, -0.05) is 18.6 Å². The first-order valence-electron chi connectivity index (χ1n) is 5.25. The summed E-state index contributed by atoms with van der Waals surface area (Å²) in [4.78, 5) is 10.9. The molecule has 2 rings (SSSR count). The second kappa shape index (κ2) is 3.64. The van der Waals surface area contributed by atoms with Gasteiger partial charge in [0.25, 0.3) is 0 Å². The van der Waals surface area contributed by atoms with Gasteiger partial charge in [-0.3, -0.25) is 0 Å². The lowest BCUT2D eigenvalue weighted by atomic mass is 9.80. The van der Waals surface area contributed by atoms with Crippen molar-refractivity contribution in [3.63, 3.8) is 0 Å². The molecule has 1 aliphatic heterocycles. The molecule has 1 aliphatic carbocycles. The first kappa shape index (κ1) is 9.56. The molecule has 1 fully saturated rings. The summed E-state index contributed by atoms with van der Waals surface area (Å²) in [7, 11) is 0. The number of hydrogen-bond donors (Lipinski definition) is 1. The summed E-state index contributed by atoms with van der Waals surface area (Å²) in [6.45, 7) is 4.94. The van der Waals surface area contributed by atoms with Crippen molar-refractivity contribution in [2.45, 2.75) is 32.7 Å². The average molecular weight is 195 g/mol. The first-order chi connectivity index (χ1) is 6.65. The zero-order valence-corrected chi connectivity index (χ0v) is 8.75. The van der Waals surface area contributed by atoms with Gasteiger partial charge in [0.15, 0.2) is 0 Å². The van der Waals surface area contributed by atoms with Gasteiger partial charge in [0.05, 0.1) is 6.04 Å². The third-order valence-corrected chi connectivity index (χ3v) is 3.09. The molecule has 0 aromatic carbocycles. The van der Waals surface area contributed by atoms with E-state index in [1.54, 1.807) is 0 Å². The Morgan fingerprint density at radius 3 is 2.93 bits per heavy atom. The molecule has 0 aromatic rings. The summed E-state index contributed by atoms with van der Waals surface area (Å²) < 4.78 is 4.92. The molecule has 0 saturated carbocycles. The highest BCUT2D eigenvalue weighted by atomic mass is 16.6. The number of hydrogen-bond acceptors (Lipinski definition) is 2. The quantitative estimate of drug-likeness (QED) is 0.650. The van der Waals surface area contributed by atoms with Crippen LogP contribution in [0.5, 0.6) is 0 Å². The van der Waals surface area contributed by atoms with E-state index in [4.69, 9.17) is 4.74 Å². The lowest BCUT2D eigenvalue weighted by molar-refractivity contribution is 0.174. The molecule has 1 N–H and O–H groups in total. The Morgan fingerprint density at radius 1 is 1.57 bits per heavy atom. The van der Waals surface area contributed by atoms with Crippen molar-refractivity contribution in [1.82, 2.24) is 5.32 Å². The van der Waals surface area contributed by atoms with Gasteiger partial charge in [0, 0.05) is 0 Å². The number of alkyl carbamates (subject to hydrolysis) is 1. The van der Waals surface area contributed by atoms with Crippen LogP contribution in [0.4, 0.5) is 4.79 Å². The van der Waals surface area contributed by atoms with Crippen LogP contribution >= 0.6 is 0 Å². The van der Waals surface area contributed by atoms with E-state index in [9.17, 15) is 4.79 Å². The third-order valence-electron chi connectivity index (χ3n) is 3.09.